The standard InChI is InChI=1S/C13H13BrN2/c14-8-4-7-13-9-15-11-16(13)10-12-5-2-1-3-6-12/h1-7,9,11H,8,10H2/b7-4-. The first-order valence-corrected chi connectivity index (χ1v) is 6.29. The average molecular weight is 277 g/mol. The van der Waals surface area contributed by atoms with Crippen molar-refractivity contribution in [3.05, 3.63) is 60.2 Å². The molecule has 0 spiro atoms. The van der Waals surface area contributed by atoms with Crippen LogP contribution in [0.3, 0.4) is 0 Å². The van der Waals surface area contributed by atoms with Crippen LogP contribution in [0.4, 0.5) is 0 Å². The Morgan fingerprint density at radius 3 is 2.81 bits per heavy atom. The van der Waals surface area contributed by atoms with Crippen LogP contribution in [-0.4, -0.2) is 14.9 Å². The van der Waals surface area contributed by atoms with Gasteiger partial charge in [-0.2, -0.15) is 0 Å². The van der Waals surface area contributed by atoms with Gasteiger partial charge in [0.2, 0.25) is 0 Å². The van der Waals surface area contributed by atoms with E-state index in [4.69, 9.17) is 0 Å². The summed E-state index contributed by atoms with van der Waals surface area (Å²) in [5, 5.41) is 0.865. The first-order valence-electron chi connectivity index (χ1n) is 5.16. The van der Waals surface area contributed by atoms with Gasteiger partial charge in [-0.15, -0.1) is 0 Å². The Hall–Kier alpha value is -1.35. The molecule has 1 aromatic carbocycles. The minimum absolute atomic E-state index is 0.864. The Bertz CT molecular complexity index is 460. The number of rotatable bonds is 4. The van der Waals surface area contributed by atoms with Gasteiger partial charge in [0.15, 0.2) is 0 Å². The molecule has 0 N–H and O–H groups in total. The van der Waals surface area contributed by atoms with E-state index in [-0.39, 0.29) is 0 Å². The summed E-state index contributed by atoms with van der Waals surface area (Å²) < 4.78 is 2.13. The molecule has 2 aromatic rings. The van der Waals surface area contributed by atoms with Crippen molar-refractivity contribution in [2.45, 2.75) is 6.54 Å². The molecule has 0 atom stereocenters. The number of hydrogen-bond acceptors (Lipinski definition) is 1. The van der Waals surface area contributed by atoms with E-state index in [2.05, 4.69) is 61.9 Å². The van der Waals surface area contributed by atoms with Crippen LogP contribution in [0, 0.1) is 0 Å². The van der Waals surface area contributed by atoms with Crippen molar-refractivity contribution < 1.29 is 0 Å². The van der Waals surface area contributed by atoms with Crippen LogP contribution in [0.5, 0.6) is 0 Å². The van der Waals surface area contributed by atoms with Gasteiger partial charge >= 0.3 is 0 Å². The minimum atomic E-state index is 0.864. The van der Waals surface area contributed by atoms with E-state index in [0.717, 1.165) is 17.6 Å². The topological polar surface area (TPSA) is 17.8 Å². The van der Waals surface area contributed by atoms with E-state index >= 15 is 0 Å². The lowest BCUT2D eigenvalue weighted by Crippen LogP contribution is -1.99. The summed E-state index contributed by atoms with van der Waals surface area (Å²) in [4.78, 5) is 4.17. The fourth-order valence-corrected chi connectivity index (χ4v) is 1.73. The molecule has 0 aliphatic rings. The third kappa shape index (κ3) is 2.83. The summed E-state index contributed by atoms with van der Waals surface area (Å²) in [7, 11) is 0. The molecular formula is C13H13BrN2. The lowest BCUT2D eigenvalue weighted by Gasteiger charge is -2.04. The summed E-state index contributed by atoms with van der Waals surface area (Å²) in [5.74, 6) is 0. The van der Waals surface area contributed by atoms with Crippen LogP contribution < -0.4 is 0 Å². The predicted molar refractivity (Wildman–Crippen MR) is 70.6 cm³/mol. The molecule has 0 aliphatic carbocycles. The predicted octanol–water partition coefficient (Wildman–Crippen LogP) is 3.34. The number of nitrogens with zero attached hydrogens (tertiary/aromatic N) is 2. The van der Waals surface area contributed by atoms with Gasteiger partial charge in [0.1, 0.15) is 0 Å². The first-order chi connectivity index (χ1) is 7.90. The van der Waals surface area contributed by atoms with E-state index < -0.39 is 0 Å². The lowest BCUT2D eigenvalue weighted by atomic mass is 10.2. The van der Waals surface area contributed by atoms with Gasteiger partial charge in [-0.3, -0.25) is 0 Å². The summed E-state index contributed by atoms with van der Waals surface area (Å²) in [6.45, 7) is 0.864. The quantitative estimate of drug-likeness (QED) is 0.784. The molecule has 0 aliphatic heterocycles. The molecule has 2 rings (SSSR count). The van der Waals surface area contributed by atoms with Crippen LogP contribution >= 0.6 is 15.9 Å². The molecule has 3 heteroatoms. The molecule has 2 nitrogen and oxygen atoms in total. The molecule has 0 fully saturated rings. The molecule has 0 unspecified atom stereocenters. The second-order valence-corrected chi connectivity index (χ2v) is 4.14. The molecule has 0 amide bonds. The van der Waals surface area contributed by atoms with Crippen LogP contribution in [0.25, 0.3) is 6.08 Å². The highest BCUT2D eigenvalue weighted by Crippen LogP contribution is 2.07. The highest BCUT2D eigenvalue weighted by Gasteiger charge is 1.98. The molecule has 0 saturated heterocycles. The molecule has 0 saturated carbocycles. The van der Waals surface area contributed by atoms with E-state index in [1.54, 1.807) is 0 Å². The van der Waals surface area contributed by atoms with Crippen molar-refractivity contribution in [1.29, 1.82) is 0 Å². The molecule has 16 heavy (non-hydrogen) atoms. The summed E-state index contributed by atoms with van der Waals surface area (Å²) in [6.07, 6.45) is 7.88. The third-order valence-corrected chi connectivity index (χ3v) is 2.69. The van der Waals surface area contributed by atoms with Crippen LogP contribution in [0.2, 0.25) is 0 Å². The highest BCUT2D eigenvalue weighted by atomic mass is 79.9. The zero-order valence-corrected chi connectivity index (χ0v) is 10.5. The van der Waals surface area contributed by atoms with Crippen molar-refractivity contribution in [2.75, 3.05) is 5.33 Å². The van der Waals surface area contributed by atoms with Crippen molar-refractivity contribution >= 4 is 22.0 Å². The molecule has 0 bridgehead atoms. The average Bonchev–Trinajstić information content (AvgIpc) is 2.75. The third-order valence-electron chi connectivity index (χ3n) is 2.32. The van der Waals surface area contributed by atoms with Gasteiger partial charge in [-0.05, 0) is 11.6 Å². The van der Waals surface area contributed by atoms with E-state index in [0.29, 0.717) is 0 Å². The molecule has 1 aromatic heterocycles. The van der Waals surface area contributed by atoms with Gasteiger partial charge in [-0.25, -0.2) is 4.98 Å². The molecule has 1 heterocycles. The number of alkyl halides is 1. The Balaban J connectivity index is 2.16. The minimum Gasteiger partial charge on any atom is -0.327 e. The number of allylic oxidation sites excluding steroid dienone is 1. The van der Waals surface area contributed by atoms with Crippen LogP contribution in [0.1, 0.15) is 11.3 Å². The molecule has 82 valence electrons. The summed E-state index contributed by atoms with van der Waals surface area (Å²) in [6, 6.07) is 10.4. The number of imidazole rings is 1. The van der Waals surface area contributed by atoms with E-state index in [9.17, 15) is 0 Å². The number of hydrogen-bond donors (Lipinski definition) is 0. The zero-order valence-electron chi connectivity index (χ0n) is 8.88. The van der Waals surface area contributed by atoms with E-state index in [1.807, 2.05) is 18.6 Å². The molecule has 0 radical (unpaired) electrons. The Morgan fingerprint density at radius 2 is 2.06 bits per heavy atom. The van der Waals surface area contributed by atoms with E-state index in [1.165, 1.54) is 5.56 Å². The van der Waals surface area contributed by atoms with Gasteiger partial charge in [-0.1, -0.05) is 52.3 Å². The maximum atomic E-state index is 4.17. The largest absolute Gasteiger partial charge is 0.327 e. The second kappa shape index (κ2) is 5.66. The first kappa shape index (κ1) is 11.1. The van der Waals surface area contributed by atoms with Crippen molar-refractivity contribution in [3.8, 4) is 0 Å². The van der Waals surface area contributed by atoms with Crippen molar-refractivity contribution in [2.24, 2.45) is 0 Å². The smallest absolute Gasteiger partial charge is 0.0953 e. The number of aromatic nitrogens is 2. The lowest BCUT2D eigenvalue weighted by molar-refractivity contribution is 0.789. The zero-order chi connectivity index (χ0) is 11.2. The second-order valence-electron chi connectivity index (χ2n) is 3.49. The number of benzene rings is 1. The Kier molecular flexibility index (Phi) is 3.94. The normalized spacial score (nSPS) is 11.1. The highest BCUT2D eigenvalue weighted by molar-refractivity contribution is 9.09. The summed E-state index contributed by atoms with van der Waals surface area (Å²) >= 11 is 3.37. The van der Waals surface area contributed by atoms with Crippen molar-refractivity contribution in [3.63, 3.8) is 0 Å². The maximum Gasteiger partial charge on any atom is 0.0953 e. The fourth-order valence-electron chi connectivity index (χ4n) is 1.55. The van der Waals surface area contributed by atoms with Gasteiger partial charge in [0.05, 0.1) is 18.2 Å². The van der Waals surface area contributed by atoms with Crippen LogP contribution in [-0.2, 0) is 6.54 Å². The SMILES string of the molecule is BrC/C=C\c1cncn1Cc1ccccc1. The maximum absolute atomic E-state index is 4.17. The van der Waals surface area contributed by atoms with Gasteiger partial charge in [0.25, 0.3) is 0 Å². The number of halogens is 1. The van der Waals surface area contributed by atoms with Gasteiger partial charge < -0.3 is 4.57 Å². The van der Waals surface area contributed by atoms with Crippen molar-refractivity contribution in [1.82, 2.24) is 9.55 Å². The molecular weight excluding hydrogens is 264 g/mol. The summed E-state index contributed by atoms with van der Waals surface area (Å²) in [5.41, 5.74) is 2.41. The Morgan fingerprint density at radius 1 is 1.25 bits per heavy atom. The monoisotopic (exact) mass is 276 g/mol. The fraction of sp³-hybridized carbons (Fsp3) is 0.154. The van der Waals surface area contributed by atoms with Crippen LogP contribution in [0.15, 0.2) is 48.9 Å². The Labute approximate surface area is 104 Å². The van der Waals surface area contributed by atoms with Gasteiger partial charge in [0, 0.05) is 11.9 Å².